The molecule has 0 spiro atoms. The van der Waals surface area contributed by atoms with Crippen molar-refractivity contribution in [1.82, 2.24) is 0 Å². The van der Waals surface area contributed by atoms with Crippen LogP contribution in [0.3, 0.4) is 0 Å². The summed E-state index contributed by atoms with van der Waals surface area (Å²) in [5.74, 6) is 1.08. The van der Waals surface area contributed by atoms with Gasteiger partial charge in [0.1, 0.15) is 0 Å². The van der Waals surface area contributed by atoms with Gasteiger partial charge in [0.2, 0.25) is 0 Å². The molecule has 1 nitrogen and oxygen atoms in total. The van der Waals surface area contributed by atoms with Crippen molar-refractivity contribution < 1.29 is 5.11 Å². The quantitative estimate of drug-likeness (QED) is 0.0657. The summed E-state index contributed by atoms with van der Waals surface area (Å²) in [7, 11) is 0. The fourth-order valence-corrected chi connectivity index (χ4v) is 5.79. The van der Waals surface area contributed by atoms with Gasteiger partial charge in [-0.2, -0.15) is 0 Å². The Morgan fingerprint density at radius 2 is 1.02 bits per heavy atom. The van der Waals surface area contributed by atoms with E-state index in [1.165, 1.54) is 128 Å². The molecule has 42 heavy (non-hydrogen) atoms. The average Bonchev–Trinajstić information content (AvgIpc) is 2.95. The Balaban J connectivity index is 3.64. The fraction of sp³-hybridized carbons (Fsp3) is 0.805. The summed E-state index contributed by atoms with van der Waals surface area (Å²) in [5, 5.41) is 10.6. The molecule has 0 radical (unpaired) electrons. The summed E-state index contributed by atoms with van der Waals surface area (Å²) in [6, 6.07) is 0. The number of unbranched alkanes of at least 4 members (excludes halogenated alkanes) is 12. The number of aliphatic hydroxyl groups excluding tert-OH is 1. The van der Waals surface area contributed by atoms with Gasteiger partial charge in [-0.25, -0.2) is 0 Å². The Labute approximate surface area is 265 Å². The second-order valence-corrected chi connectivity index (χ2v) is 14.1. The Kier molecular flexibility index (Phi) is 29.2. The van der Waals surface area contributed by atoms with E-state index >= 15 is 0 Å². The van der Waals surface area contributed by atoms with Crippen molar-refractivity contribution in [3.63, 3.8) is 0 Å². The molecule has 246 valence electrons. The Bertz CT molecular complexity index is 666. The number of hydrogen-bond donors (Lipinski definition) is 1. The van der Waals surface area contributed by atoms with Crippen molar-refractivity contribution in [3.8, 4) is 0 Å². The maximum atomic E-state index is 10.6. The molecule has 0 aromatic heterocycles. The van der Waals surface area contributed by atoms with Gasteiger partial charge in [-0.15, -0.1) is 0 Å². The van der Waals surface area contributed by atoms with E-state index in [9.17, 15) is 5.11 Å². The van der Waals surface area contributed by atoms with Crippen LogP contribution >= 0.6 is 0 Å². The van der Waals surface area contributed by atoms with Crippen molar-refractivity contribution in [2.75, 3.05) is 0 Å². The zero-order chi connectivity index (χ0) is 31.2. The molecule has 0 aliphatic carbocycles. The molecule has 0 heterocycles. The van der Waals surface area contributed by atoms with E-state index in [1.807, 2.05) is 0 Å². The van der Waals surface area contributed by atoms with E-state index in [0.29, 0.717) is 17.3 Å². The summed E-state index contributed by atoms with van der Waals surface area (Å²) in [5.41, 5.74) is 0.460. The van der Waals surface area contributed by atoms with Gasteiger partial charge < -0.3 is 5.11 Å². The number of allylic oxidation sites excluding steroid dienone is 8. The van der Waals surface area contributed by atoms with E-state index in [4.69, 9.17) is 0 Å². The van der Waals surface area contributed by atoms with Crippen LogP contribution in [0.2, 0.25) is 0 Å². The summed E-state index contributed by atoms with van der Waals surface area (Å²) >= 11 is 0. The van der Waals surface area contributed by atoms with Crippen LogP contribution < -0.4 is 0 Å². The largest absolute Gasteiger partial charge is 0.393 e. The molecule has 3 atom stereocenters. The van der Waals surface area contributed by atoms with Crippen LogP contribution in [-0.4, -0.2) is 11.2 Å². The molecular formula is C41H76O. The molecule has 0 aliphatic heterocycles. The van der Waals surface area contributed by atoms with Crippen LogP contribution in [0.1, 0.15) is 189 Å². The third-order valence-corrected chi connectivity index (χ3v) is 8.87. The van der Waals surface area contributed by atoms with Crippen molar-refractivity contribution in [2.24, 2.45) is 17.3 Å². The highest BCUT2D eigenvalue weighted by atomic mass is 16.3. The smallest absolute Gasteiger partial charge is 0.0565 e. The number of hydrogen-bond acceptors (Lipinski definition) is 1. The molecule has 1 heteroatoms. The highest BCUT2D eigenvalue weighted by molar-refractivity contribution is 4.89. The molecule has 0 saturated carbocycles. The molecule has 0 fully saturated rings. The first-order valence-electron chi connectivity index (χ1n) is 18.6. The predicted molar refractivity (Wildman–Crippen MR) is 192 cm³/mol. The summed E-state index contributed by atoms with van der Waals surface area (Å²) in [6.45, 7) is 13.9. The zero-order valence-electron chi connectivity index (χ0n) is 29.6. The maximum absolute atomic E-state index is 10.6. The molecule has 0 saturated heterocycles. The van der Waals surface area contributed by atoms with Crippen molar-refractivity contribution in [3.05, 3.63) is 48.6 Å². The highest BCUT2D eigenvalue weighted by Gasteiger charge is 2.14. The van der Waals surface area contributed by atoms with E-state index in [-0.39, 0.29) is 6.10 Å². The van der Waals surface area contributed by atoms with Crippen LogP contribution in [0.5, 0.6) is 0 Å². The van der Waals surface area contributed by atoms with Crippen LogP contribution in [0.4, 0.5) is 0 Å². The van der Waals surface area contributed by atoms with Gasteiger partial charge in [0.25, 0.3) is 0 Å². The molecular weight excluding hydrogens is 508 g/mol. The molecule has 0 rings (SSSR count). The minimum absolute atomic E-state index is 0.126. The van der Waals surface area contributed by atoms with E-state index in [0.717, 1.165) is 19.3 Å². The zero-order valence-corrected chi connectivity index (χ0v) is 29.6. The van der Waals surface area contributed by atoms with Gasteiger partial charge in [-0.1, -0.05) is 129 Å². The Morgan fingerprint density at radius 3 is 1.57 bits per heavy atom. The third-order valence-electron chi connectivity index (χ3n) is 8.87. The monoisotopic (exact) mass is 585 g/mol. The second-order valence-electron chi connectivity index (χ2n) is 14.1. The van der Waals surface area contributed by atoms with Crippen molar-refractivity contribution in [1.29, 1.82) is 0 Å². The SMILES string of the molecule is CCCCC/C=C\CCCC/C=C\CCCCCC(O)C(C)CCCC(C)/C=C\CCCC/C=C\CC(C)(C)CCC. The van der Waals surface area contributed by atoms with Crippen LogP contribution in [0.25, 0.3) is 0 Å². The topological polar surface area (TPSA) is 20.2 Å². The van der Waals surface area contributed by atoms with E-state index in [2.05, 4.69) is 90.2 Å². The maximum Gasteiger partial charge on any atom is 0.0565 e. The summed E-state index contributed by atoms with van der Waals surface area (Å²) < 4.78 is 0. The standard InChI is InChI=1S/C41H76O/c1-7-9-10-11-12-13-14-15-16-17-18-19-20-23-26-29-35-40(42)39(4)34-31-33-38(3)32-28-25-22-21-24-27-30-37-41(5,6)36-8-2/h12-13,18-19,27-28,30,32,38-40,42H,7-11,14-17,20-26,29,31,33-37H2,1-6H3/b13-12-,19-18-,30-27-,32-28-. The third kappa shape index (κ3) is 29.0. The van der Waals surface area contributed by atoms with Crippen LogP contribution in [-0.2, 0) is 0 Å². The fourth-order valence-electron chi connectivity index (χ4n) is 5.79. The first kappa shape index (κ1) is 40.9. The molecule has 0 aliphatic rings. The van der Waals surface area contributed by atoms with E-state index < -0.39 is 0 Å². The van der Waals surface area contributed by atoms with Gasteiger partial charge in [0.15, 0.2) is 0 Å². The lowest BCUT2D eigenvalue weighted by Gasteiger charge is -2.21. The number of aliphatic hydroxyl groups is 1. The second kappa shape index (κ2) is 30.0. The lowest BCUT2D eigenvalue weighted by Crippen LogP contribution is -2.17. The van der Waals surface area contributed by atoms with Gasteiger partial charge in [0, 0.05) is 0 Å². The highest BCUT2D eigenvalue weighted by Crippen LogP contribution is 2.27. The van der Waals surface area contributed by atoms with Gasteiger partial charge >= 0.3 is 0 Å². The van der Waals surface area contributed by atoms with Crippen LogP contribution in [0.15, 0.2) is 48.6 Å². The minimum atomic E-state index is -0.126. The average molecular weight is 585 g/mol. The lowest BCUT2D eigenvalue weighted by molar-refractivity contribution is 0.0983. The first-order valence-corrected chi connectivity index (χ1v) is 18.6. The minimum Gasteiger partial charge on any atom is -0.393 e. The lowest BCUT2D eigenvalue weighted by atomic mass is 9.84. The summed E-state index contributed by atoms with van der Waals surface area (Å²) in [6.07, 6.45) is 47.7. The molecule has 1 N–H and O–H groups in total. The molecule has 0 amide bonds. The molecule has 0 bridgehead atoms. The van der Waals surface area contributed by atoms with Crippen LogP contribution in [0, 0.1) is 17.3 Å². The summed E-state index contributed by atoms with van der Waals surface area (Å²) in [4.78, 5) is 0. The number of rotatable bonds is 30. The predicted octanol–water partition coefficient (Wildman–Crippen LogP) is 13.9. The molecule has 0 aromatic rings. The van der Waals surface area contributed by atoms with Gasteiger partial charge in [-0.05, 0) is 126 Å². The van der Waals surface area contributed by atoms with Crippen molar-refractivity contribution >= 4 is 0 Å². The normalized spacial score (nSPS) is 15.1. The van der Waals surface area contributed by atoms with Gasteiger partial charge in [0.05, 0.1) is 6.10 Å². The Morgan fingerprint density at radius 1 is 0.524 bits per heavy atom. The Hall–Kier alpha value is -1.08. The first-order chi connectivity index (χ1) is 20.3. The molecule has 0 aromatic carbocycles. The molecule has 3 unspecified atom stereocenters. The van der Waals surface area contributed by atoms with Gasteiger partial charge in [-0.3, -0.25) is 0 Å². The van der Waals surface area contributed by atoms with Crippen molar-refractivity contribution in [2.45, 2.75) is 195 Å². The van der Waals surface area contributed by atoms with E-state index in [1.54, 1.807) is 0 Å².